The number of esters is 1. The number of carbonyl (C=O) groups excluding carboxylic acids is 3. The number of nitrogens with zero attached hydrogens (tertiary/aromatic N) is 2. The molecule has 2 fully saturated rings. The first kappa shape index (κ1) is 22.6. The zero-order valence-corrected chi connectivity index (χ0v) is 18.8. The summed E-state index contributed by atoms with van der Waals surface area (Å²) in [5.74, 6) is -2.03. The van der Waals surface area contributed by atoms with E-state index in [4.69, 9.17) is 16.3 Å². The van der Waals surface area contributed by atoms with Crippen LogP contribution in [0.5, 0.6) is 0 Å². The van der Waals surface area contributed by atoms with E-state index < -0.39 is 33.2 Å². The molecule has 1 aromatic rings. The summed E-state index contributed by atoms with van der Waals surface area (Å²) >= 11 is 6.24. The molecule has 1 unspecified atom stereocenters. The van der Waals surface area contributed by atoms with Crippen LogP contribution in [0.2, 0.25) is 5.02 Å². The molecule has 3 rings (SSSR count). The van der Waals surface area contributed by atoms with Crippen molar-refractivity contribution in [3.63, 3.8) is 0 Å². The Labute approximate surface area is 181 Å². The minimum absolute atomic E-state index is 0.0808. The number of rotatable bonds is 4. The van der Waals surface area contributed by atoms with Crippen molar-refractivity contribution in [2.24, 2.45) is 11.3 Å². The molecule has 0 spiro atoms. The van der Waals surface area contributed by atoms with Crippen LogP contribution in [0, 0.1) is 11.3 Å². The normalized spacial score (nSPS) is 22.8. The molecule has 2 heterocycles. The average Bonchev–Trinajstić information content (AvgIpc) is 2.84. The fourth-order valence-corrected chi connectivity index (χ4v) is 6.15. The number of piperidine rings is 1. The van der Waals surface area contributed by atoms with Crippen molar-refractivity contribution in [3.8, 4) is 0 Å². The second-order valence-electron chi connectivity index (χ2n) is 8.22. The molecule has 2 amide bonds. The Morgan fingerprint density at radius 2 is 2.00 bits per heavy atom. The number of anilines is 1. The predicted octanol–water partition coefficient (Wildman–Crippen LogP) is 2.46. The summed E-state index contributed by atoms with van der Waals surface area (Å²) < 4.78 is 30.9. The second-order valence-corrected chi connectivity index (χ2v) is 10.4. The van der Waals surface area contributed by atoms with Crippen molar-refractivity contribution in [2.75, 3.05) is 29.8 Å². The molecule has 0 aromatic heterocycles. The van der Waals surface area contributed by atoms with Gasteiger partial charge < -0.3 is 9.64 Å². The Kier molecular flexibility index (Phi) is 6.15. The minimum Gasteiger partial charge on any atom is -0.466 e. The van der Waals surface area contributed by atoms with Crippen molar-refractivity contribution >= 4 is 45.1 Å². The van der Waals surface area contributed by atoms with Crippen LogP contribution in [0.15, 0.2) is 18.2 Å². The Morgan fingerprint density at radius 1 is 1.30 bits per heavy atom. The number of hydrogen-bond acceptors (Lipinski definition) is 6. The van der Waals surface area contributed by atoms with Crippen LogP contribution < -0.4 is 4.31 Å². The molecule has 164 valence electrons. The molecule has 2 aliphatic rings. The Hall–Kier alpha value is -2.13. The highest BCUT2D eigenvalue weighted by Crippen LogP contribution is 2.37. The molecule has 2 saturated heterocycles. The largest absolute Gasteiger partial charge is 0.466 e. The molecule has 10 heteroatoms. The van der Waals surface area contributed by atoms with E-state index in [1.807, 2.05) is 0 Å². The van der Waals surface area contributed by atoms with Gasteiger partial charge >= 0.3 is 5.97 Å². The van der Waals surface area contributed by atoms with E-state index in [1.165, 1.54) is 23.1 Å². The van der Waals surface area contributed by atoms with Gasteiger partial charge in [-0.25, -0.2) is 12.7 Å². The van der Waals surface area contributed by atoms with Crippen LogP contribution in [0.1, 0.15) is 44.0 Å². The summed E-state index contributed by atoms with van der Waals surface area (Å²) in [6.07, 6.45) is 1.27. The van der Waals surface area contributed by atoms with Gasteiger partial charge in [-0.2, -0.15) is 0 Å². The van der Waals surface area contributed by atoms with E-state index in [-0.39, 0.29) is 41.1 Å². The van der Waals surface area contributed by atoms with Gasteiger partial charge in [0.15, 0.2) is 0 Å². The van der Waals surface area contributed by atoms with E-state index in [0.717, 1.165) is 4.31 Å². The van der Waals surface area contributed by atoms with Crippen molar-refractivity contribution in [1.29, 1.82) is 0 Å². The lowest BCUT2D eigenvalue weighted by Gasteiger charge is -2.32. The standard InChI is InChI=1S/C20H25ClN2O6S/c1-4-29-18(25)13-6-5-9-22(11-13)17(24)15-10-14(7-8-16(15)21)23-19(26)20(2,3)12-30(23,27)28/h7-8,10,13H,4-6,9,11-12H2,1-3H3. The zero-order valence-electron chi connectivity index (χ0n) is 17.2. The summed E-state index contributed by atoms with van der Waals surface area (Å²) in [4.78, 5) is 39.4. The van der Waals surface area contributed by atoms with E-state index in [1.54, 1.807) is 20.8 Å². The SMILES string of the molecule is CCOC(=O)C1CCCN(C(=O)c2cc(N3C(=O)C(C)(C)CS3(=O)=O)ccc2Cl)C1. The van der Waals surface area contributed by atoms with Gasteiger partial charge in [-0.3, -0.25) is 14.4 Å². The number of amides is 2. The van der Waals surface area contributed by atoms with E-state index >= 15 is 0 Å². The monoisotopic (exact) mass is 456 g/mol. The highest BCUT2D eigenvalue weighted by atomic mass is 35.5. The number of hydrogen-bond donors (Lipinski definition) is 0. The molecule has 30 heavy (non-hydrogen) atoms. The molecule has 2 aliphatic heterocycles. The Bertz CT molecular complexity index is 991. The maximum Gasteiger partial charge on any atom is 0.310 e. The van der Waals surface area contributed by atoms with Crippen molar-refractivity contribution in [2.45, 2.75) is 33.6 Å². The highest BCUT2D eigenvalue weighted by Gasteiger charge is 2.50. The van der Waals surface area contributed by atoms with E-state index in [2.05, 4.69) is 0 Å². The summed E-state index contributed by atoms with van der Waals surface area (Å²) in [6.45, 7) is 5.78. The third-order valence-corrected chi connectivity index (χ3v) is 7.68. The third-order valence-electron chi connectivity index (χ3n) is 5.33. The third kappa shape index (κ3) is 4.18. The summed E-state index contributed by atoms with van der Waals surface area (Å²) in [5, 5.41) is 0.144. The van der Waals surface area contributed by atoms with Gasteiger partial charge in [0.25, 0.3) is 5.91 Å². The molecule has 1 aromatic carbocycles. The fraction of sp³-hybridized carbons (Fsp3) is 0.550. The lowest BCUT2D eigenvalue weighted by Crippen LogP contribution is -2.43. The summed E-state index contributed by atoms with van der Waals surface area (Å²) in [5.41, 5.74) is -0.883. The van der Waals surface area contributed by atoms with Gasteiger partial charge in [0.2, 0.25) is 15.9 Å². The van der Waals surface area contributed by atoms with E-state index in [0.29, 0.717) is 19.4 Å². The highest BCUT2D eigenvalue weighted by molar-refractivity contribution is 7.94. The molecular formula is C20H25ClN2O6S. The predicted molar refractivity (Wildman–Crippen MR) is 112 cm³/mol. The number of halogens is 1. The molecule has 0 bridgehead atoms. The fourth-order valence-electron chi connectivity index (χ4n) is 3.85. The van der Waals surface area contributed by atoms with Crippen LogP contribution in [-0.4, -0.2) is 56.6 Å². The molecule has 0 saturated carbocycles. The lowest BCUT2D eigenvalue weighted by molar-refractivity contribution is -0.149. The number of ether oxygens (including phenoxy) is 1. The van der Waals surface area contributed by atoms with E-state index in [9.17, 15) is 22.8 Å². The summed E-state index contributed by atoms with van der Waals surface area (Å²) in [7, 11) is -3.85. The van der Waals surface area contributed by atoms with Gasteiger partial charge in [-0.1, -0.05) is 11.6 Å². The van der Waals surface area contributed by atoms with Crippen LogP contribution in [0.4, 0.5) is 5.69 Å². The zero-order chi connectivity index (χ0) is 22.3. The van der Waals surface area contributed by atoms with Crippen LogP contribution in [-0.2, 0) is 24.3 Å². The number of benzene rings is 1. The topological polar surface area (TPSA) is 101 Å². The average molecular weight is 457 g/mol. The van der Waals surface area contributed by atoms with Crippen LogP contribution >= 0.6 is 11.6 Å². The molecule has 8 nitrogen and oxygen atoms in total. The van der Waals surface area contributed by atoms with Gasteiger partial charge in [0, 0.05) is 13.1 Å². The van der Waals surface area contributed by atoms with Gasteiger partial charge in [0.05, 0.1) is 40.0 Å². The van der Waals surface area contributed by atoms with Crippen molar-refractivity contribution in [3.05, 3.63) is 28.8 Å². The lowest BCUT2D eigenvalue weighted by atomic mass is 9.95. The Balaban J connectivity index is 1.90. The maximum absolute atomic E-state index is 13.1. The smallest absolute Gasteiger partial charge is 0.310 e. The minimum atomic E-state index is -3.85. The Morgan fingerprint density at radius 3 is 2.60 bits per heavy atom. The molecular weight excluding hydrogens is 432 g/mol. The van der Waals surface area contributed by atoms with Crippen LogP contribution in [0.3, 0.4) is 0 Å². The van der Waals surface area contributed by atoms with Crippen LogP contribution in [0.25, 0.3) is 0 Å². The number of carbonyl (C=O) groups is 3. The maximum atomic E-state index is 13.1. The first-order valence-corrected chi connectivity index (χ1v) is 11.8. The quantitative estimate of drug-likeness (QED) is 0.645. The molecule has 0 radical (unpaired) electrons. The molecule has 0 aliphatic carbocycles. The number of sulfonamides is 1. The first-order valence-electron chi connectivity index (χ1n) is 9.81. The van der Waals surface area contributed by atoms with Gasteiger partial charge in [-0.15, -0.1) is 0 Å². The van der Waals surface area contributed by atoms with Crippen molar-refractivity contribution in [1.82, 2.24) is 4.90 Å². The number of likely N-dealkylation sites (tertiary alicyclic amines) is 1. The summed E-state index contributed by atoms with van der Waals surface area (Å²) in [6, 6.07) is 4.15. The van der Waals surface area contributed by atoms with Crippen molar-refractivity contribution < 1.29 is 27.5 Å². The van der Waals surface area contributed by atoms with Gasteiger partial charge in [-0.05, 0) is 51.8 Å². The molecule has 0 N–H and O–H groups in total. The second kappa shape index (κ2) is 8.19. The molecule has 1 atom stereocenters. The first-order chi connectivity index (χ1) is 14.0. The van der Waals surface area contributed by atoms with Gasteiger partial charge in [0.1, 0.15) is 0 Å².